The lowest BCUT2D eigenvalue weighted by Gasteiger charge is -2.14. The molecule has 2 rings (SSSR count). The van der Waals surface area contributed by atoms with Crippen LogP contribution in [-0.2, 0) is 19.6 Å². The molecule has 1 aromatic rings. The monoisotopic (exact) mass is 354 g/mol. The zero-order valence-corrected chi connectivity index (χ0v) is 14.3. The summed E-state index contributed by atoms with van der Waals surface area (Å²) in [5.74, 6) is -0.986. The van der Waals surface area contributed by atoms with Crippen LogP contribution in [0.1, 0.15) is 0 Å². The van der Waals surface area contributed by atoms with Crippen molar-refractivity contribution in [2.45, 2.75) is 4.90 Å². The second-order valence-corrected chi connectivity index (χ2v) is 7.63. The fourth-order valence-corrected chi connectivity index (χ4v) is 2.99. The number of hydrogen-bond acceptors (Lipinski definition) is 5. The van der Waals surface area contributed by atoms with Crippen molar-refractivity contribution in [2.75, 3.05) is 39.5 Å². The molecular weight excluding hydrogens is 336 g/mol. The van der Waals surface area contributed by atoms with E-state index in [0.717, 1.165) is 9.21 Å². The molecule has 1 saturated heterocycles. The number of nitrogens with one attached hydrogen (secondary N) is 1. The summed E-state index contributed by atoms with van der Waals surface area (Å²) in [6.45, 7) is -0.442. The number of amides is 4. The van der Waals surface area contributed by atoms with E-state index in [4.69, 9.17) is 0 Å². The van der Waals surface area contributed by atoms with Crippen molar-refractivity contribution in [2.24, 2.45) is 0 Å². The second kappa shape index (κ2) is 6.57. The van der Waals surface area contributed by atoms with E-state index in [2.05, 4.69) is 5.32 Å². The van der Waals surface area contributed by atoms with E-state index in [1.165, 1.54) is 50.3 Å². The molecule has 0 saturated carbocycles. The zero-order chi connectivity index (χ0) is 18.1. The van der Waals surface area contributed by atoms with E-state index in [9.17, 15) is 22.8 Å². The van der Waals surface area contributed by atoms with Gasteiger partial charge in [0, 0.05) is 26.8 Å². The van der Waals surface area contributed by atoms with Crippen molar-refractivity contribution in [3.63, 3.8) is 0 Å². The maximum Gasteiger partial charge on any atom is 0.327 e. The van der Waals surface area contributed by atoms with Crippen LogP contribution in [-0.4, -0.2) is 74.6 Å². The van der Waals surface area contributed by atoms with Gasteiger partial charge in [-0.1, -0.05) is 0 Å². The minimum atomic E-state index is -3.54. The van der Waals surface area contributed by atoms with Gasteiger partial charge in [0.05, 0.1) is 4.90 Å². The molecule has 24 heavy (non-hydrogen) atoms. The molecule has 4 amide bonds. The van der Waals surface area contributed by atoms with Crippen LogP contribution in [0.4, 0.5) is 10.5 Å². The van der Waals surface area contributed by atoms with Crippen molar-refractivity contribution in [1.29, 1.82) is 0 Å². The van der Waals surface area contributed by atoms with Crippen molar-refractivity contribution in [3.8, 4) is 0 Å². The van der Waals surface area contributed by atoms with Crippen LogP contribution in [0.3, 0.4) is 0 Å². The Morgan fingerprint density at radius 1 is 1.21 bits per heavy atom. The van der Waals surface area contributed by atoms with E-state index in [1.54, 1.807) is 0 Å². The summed E-state index contributed by atoms with van der Waals surface area (Å²) in [6.07, 6.45) is 0. The molecule has 0 aliphatic carbocycles. The molecule has 0 radical (unpaired) electrons. The minimum Gasteiger partial charge on any atom is -0.325 e. The first kappa shape index (κ1) is 17.9. The molecule has 0 bridgehead atoms. The predicted molar refractivity (Wildman–Crippen MR) is 85.7 cm³/mol. The van der Waals surface area contributed by atoms with Crippen molar-refractivity contribution >= 4 is 33.6 Å². The lowest BCUT2D eigenvalue weighted by molar-refractivity contribution is -0.129. The predicted octanol–water partition coefficient (Wildman–Crippen LogP) is -0.231. The summed E-state index contributed by atoms with van der Waals surface area (Å²) in [5.41, 5.74) is 0.366. The Labute approximate surface area is 139 Å². The molecule has 9 nitrogen and oxygen atoms in total. The summed E-state index contributed by atoms with van der Waals surface area (Å²) < 4.78 is 25.0. The average molecular weight is 354 g/mol. The summed E-state index contributed by atoms with van der Waals surface area (Å²) in [6, 6.07) is 5.08. The number of carbonyl (C=O) groups is 3. The first-order valence-electron chi connectivity index (χ1n) is 7.01. The van der Waals surface area contributed by atoms with Gasteiger partial charge in [0.25, 0.3) is 5.91 Å². The van der Waals surface area contributed by atoms with Gasteiger partial charge in [0.1, 0.15) is 13.1 Å². The van der Waals surface area contributed by atoms with Gasteiger partial charge in [-0.3, -0.25) is 14.5 Å². The Bertz CT molecular complexity index is 773. The van der Waals surface area contributed by atoms with Crippen molar-refractivity contribution in [1.82, 2.24) is 14.1 Å². The highest BCUT2D eigenvalue weighted by atomic mass is 32.2. The number of urea groups is 1. The zero-order valence-electron chi connectivity index (χ0n) is 13.5. The fourth-order valence-electron chi connectivity index (χ4n) is 2.09. The van der Waals surface area contributed by atoms with E-state index < -0.39 is 27.9 Å². The number of carbonyl (C=O) groups excluding carboxylic acids is 3. The SMILES string of the molecule is CN1CC(=O)N(CC(=O)Nc2ccc(S(=O)(=O)N(C)C)cc2)C1=O. The van der Waals surface area contributed by atoms with E-state index in [-0.39, 0.29) is 18.0 Å². The minimum absolute atomic E-state index is 0.0524. The van der Waals surface area contributed by atoms with Gasteiger partial charge in [-0.15, -0.1) is 0 Å². The quantitative estimate of drug-likeness (QED) is 0.735. The van der Waals surface area contributed by atoms with Crippen LogP contribution in [0.15, 0.2) is 29.2 Å². The van der Waals surface area contributed by atoms with Gasteiger partial charge < -0.3 is 10.2 Å². The Morgan fingerprint density at radius 3 is 2.25 bits per heavy atom. The Hall–Kier alpha value is -2.46. The normalized spacial score (nSPS) is 15.3. The first-order valence-corrected chi connectivity index (χ1v) is 8.45. The number of imide groups is 1. The molecule has 1 heterocycles. The standard InChI is InChI=1S/C14H18N4O5S/c1-16(2)24(22,23)11-6-4-10(5-7-11)15-12(19)8-18-13(20)9-17(3)14(18)21/h4-7H,8-9H2,1-3H3,(H,15,19). The topological polar surface area (TPSA) is 107 Å². The molecule has 0 spiro atoms. The van der Waals surface area contributed by atoms with Gasteiger partial charge in [-0.05, 0) is 24.3 Å². The average Bonchev–Trinajstić information content (AvgIpc) is 2.74. The van der Waals surface area contributed by atoms with Crippen molar-refractivity contribution < 1.29 is 22.8 Å². The van der Waals surface area contributed by atoms with E-state index in [1.807, 2.05) is 0 Å². The molecule has 10 heteroatoms. The largest absolute Gasteiger partial charge is 0.327 e. The van der Waals surface area contributed by atoms with Gasteiger partial charge >= 0.3 is 6.03 Å². The maximum atomic E-state index is 12.0. The van der Waals surface area contributed by atoms with E-state index >= 15 is 0 Å². The van der Waals surface area contributed by atoms with Crippen LogP contribution >= 0.6 is 0 Å². The van der Waals surface area contributed by atoms with Crippen LogP contribution in [0.5, 0.6) is 0 Å². The molecule has 0 aromatic heterocycles. The second-order valence-electron chi connectivity index (χ2n) is 5.48. The molecule has 0 atom stereocenters. The Kier molecular flexibility index (Phi) is 4.90. The number of rotatable bonds is 5. The molecule has 1 aliphatic rings. The number of likely N-dealkylation sites (N-methyl/N-ethyl adjacent to an activating group) is 1. The smallest absolute Gasteiger partial charge is 0.325 e. The third-order valence-corrected chi connectivity index (χ3v) is 5.28. The van der Waals surface area contributed by atoms with Crippen LogP contribution < -0.4 is 5.32 Å². The number of hydrogen-bond donors (Lipinski definition) is 1. The van der Waals surface area contributed by atoms with Gasteiger partial charge in [-0.25, -0.2) is 17.5 Å². The molecule has 1 N–H and O–H groups in total. The maximum absolute atomic E-state index is 12.0. The summed E-state index contributed by atoms with van der Waals surface area (Å²) in [7, 11) is 0.776. The molecule has 0 unspecified atom stereocenters. The number of benzene rings is 1. The Morgan fingerprint density at radius 2 is 1.79 bits per heavy atom. The molecule has 1 fully saturated rings. The lowest BCUT2D eigenvalue weighted by atomic mass is 10.3. The summed E-state index contributed by atoms with van der Waals surface area (Å²) >= 11 is 0. The highest BCUT2D eigenvalue weighted by molar-refractivity contribution is 7.89. The van der Waals surface area contributed by atoms with Gasteiger partial charge in [-0.2, -0.15) is 0 Å². The fraction of sp³-hybridized carbons (Fsp3) is 0.357. The highest BCUT2D eigenvalue weighted by Gasteiger charge is 2.34. The van der Waals surface area contributed by atoms with Crippen LogP contribution in [0.25, 0.3) is 0 Å². The van der Waals surface area contributed by atoms with E-state index in [0.29, 0.717) is 5.69 Å². The third kappa shape index (κ3) is 3.54. The molecular formula is C14H18N4O5S. The molecule has 1 aromatic carbocycles. The molecule has 1 aliphatic heterocycles. The van der Waals surface area contributed by atoms with Crippen LogP contribution in [0.2, 0.25) is 0 Å². The lowest BCUT2D eigenvalue weighted by Crippen LogP contribution is -2.38. The van der Waals surface area contributed by atoms with Gasteiger partial charge in [0.2, 0.25) is 15.9 Å². The summed E-state index contributed by atoms with van der Waals surface area (Å²) in [5, 5.41) is 2.52. The van der Waals surface area contributed by atoms with Gasteiger partial charge in [0.15, 0.2) is 0 Å². The van der Waals surface area contributed by atoms with Crippen molar-refractivity contribution in [3.05, 3.63) is 24.3 Å². The first-order chi connectivity index (χ1) is 11.1. The number of anilines is 1. The Balaban J connectivity index is 2.03. The third-order valence-electron chi connectivity index (χ3n) is 3.45. The van der Waals surface area contributed by atoms with Crippen LogP contribution in [0, 0.1) is 0 Å². The summed E-state index contributed by atoms with van der Waals surface area (Å²) in [4.78, 5) is 37.4. The number of nitrogens with zero attached hydrogens (tertiary/aromatic N) is 3. The highest BCUT2D eigenvalue weighted by Crippen LogP contribution is 2.17. The molecule has 130 valence electrons. The number of sulfonamides is 1.